The van der Waals surface area contributed by atoms with Gasteiger partial charge in [0.2, 0.25) is 0 Å². The van der Waals surface area contributed by atoms with Gasteiger partial charge in [0.1, 0.15) is 5.60 Å². The topological polar surface area (TPSA) is 79.9 Å². The molecule has 2 aromatic carbocycles. The van der Waals surface area contributed by atoms with Crippen LogP contribution in [0.5, 0.6) is 5.75 Å². The standard InChI is InChI=1S/C17H17ClF3N3O2.HI/c1-16(25,11-6-2-3-7-12(11)18)10-23-15(22)24-13-8-4-5-9-14(13)26-17(19,20)21;/h2-9,25H,10H2,1H3,(H3,22,23,24);1H. The van der Waals surface area contributed by atoms with Gasteiger partial charge in [-0.1, -0.05) is 41.9 Å². The smallest absolute Gasteiger partial charge is 0.404 e. The van der Waals surface area contributed by atoms with Crippen LogP contribution in [0.3, 0.4) is 0 Å². The van der Waals surface area contributed by atoms with Crippen molar-refractivity contribution >= 4 is 47.2 Å². The summed E-state index contributed by atoms with van der Waals surface area (Å²) in [6.45, 7) is 1.35. The van der Waals surface area contributed by atoms with E-state index in [9.17, 15) is 18.3 Å². The van der Waals surface area contributed by atoms with Gasteiger partial charge in [-0.25, -0.2) is 4.99 Å². The summed E-state index contributed by atoms with van der Waals surface area (Å²) < 4.78 is 41.2. The molecule has 2 aromatic rings. The van der Waals surface area contributed by atoms with Crippen LogP contribution in [0.15, 0.2) is 53.5 Å². The molecule has 148 valence electrons. The number of benzene rings is 2. The van der Waals surface area contributed by atoms with Crippen LogP contribution in [-0.2, 0) is 5.60 Å². The first-order chi connectivity index (χ1) is 12.1. The van der Waals surface area contributed by atoms with Crippen LogP contribution in [0.1, 0.15) is 12.5 Å². The summed E-state index contributed by atoms with van der Waals surface area (Å²) in [5, 5.41) is 13.4. The fourth-order valence-corrected chi connectivity index (χ4v) is 2.52. The van der Waals surface area contributed by atoms with Crippen molar-refractivity contribution in [3.63, 3.8) is 0 Å². The third kappa shape index (κ3) is 7.07. The first-order valence-corrected chi connectivity index (χ1v) is 7.85. The third-order valence-corrected chi connectivity index (χ3v) is 3.72. The number of aliphatic hydroxyl groups is 1. The van der Waals surface area contributed by atoms with Crippen molar-refractivity contribution in [2.24, 2.45) is 10.7 Å². The molecular weight excluding hydrogens is 498 g/mol. The number of ether oxygens (including phenoxy) is 1. The molecule has 10 heteroatoms. The van der Waals surface area contributed by atoms with Crippen LogP contribution >= 0.6 is 35.6 Å². The fourth-order valence-electron chi connectivity index (χ4n) is 2.18. The molecule has 0 spiro atoms. The van der Waals surface area contributed by atoms with Gasteiger partial charge in [-0.3, -0.25) is 0 Å². The zero-order valence-electron chi connectivity index (χ0n) is 14.1. The largest absolute Gasteiger partial charge is 0.573 e. The number of hydrogen-bond donors (Lipinski definition) is 3. The highest BCUT2D eigenvalue weighted by Gasteiger charge is 2.32. The van der Waals surface area contributed by atoms with E-state index in [1.165, 1.54) is 25.1 Å². The number of para-hydroxylation sites is 2. The number of aliphatic imine (C=N–C) groups is 1. The Morgan fingerprint density at radius 3 is 2.41 bits per heavy atom. The van der Waals surface area contributed by atoms with Gasteiger partial charge >= 0.3 is 6.36 Å². The lowest BCUT2D eigenvalue weighted by atomic mass is 9.96. The Kier molecular flexibility index (Phi) is 8.18. The molecule has 5 nitrogen and oxygen atoms in total. The van der Waals surface area contributed by atoms with Gasteiger partial charge in [0.15, 0.2) is 11.7 Å². The average molecular weight is 516 g/mol. The monoisotopic (exact) mass is 515 g/mol. The second-order valence-corrected chi connectivity index (χ2v) is 6.03. The predicted molar refractivity (Wildman–Crippen MR) is 110 cm³/mol. The molecule has 0 radical (unpaired) electrons. The van der Waals surface area contributed by atoms with Gasteiger partial charge in [-0.2, -0.15) is 0 Å². The first-order valence-electron chi connectivity index (χ1n) is 7.47. The van der Waals surface area contributed by atoms with Crippen molar-refractivity contribution in [1.82, 2.24) is 0 Å². The summed E-state index contributed by atoms with van der Waals surface area (Å²) in [6, 6.07) is 12.1. The highest BCUT2D eigenvalue weighted by Crippen LogP contribution is 2.30. The Labute approximate surface area is 176 Å². The van der Waals surface area contributed by atoms with Crippen LogP contribution < -0.4 is 15.8 Å². The summed E-state index contributed by atoms with van der Waals surface area (Å²) >= 11 is 6.06. The van der Waals surface area contributed by atoms with E-state index in [1.807, 2.05) is 0 Å². The summed E-state index contributed by atoms with van der Waals surface area (Å²) in [5.41, 5.74) is 4.76. The van der Waals surface area contributed by atoms with Crippen LogP contribution in [0.2, 0.25) is 5.02 Å². The number of anilines is 1. The van der Waals surface area contributed by atoms with Gasteiger partial charge in [-0.15, -0.1) is 37.1 Å². The van der Waals surface area contributed by atoms with Gasteiger partial charge < -0.3 is 20.9 Å². The molecule has 0 aromatic heterocycles. The number of hydrogen-bond acceptors (Lipinski definition) is 3. The molecule has 0 amide bonds. The van der Waals surface area contributed by atoms with Crippen molar-refractivity contribution in [3.8, 4) is 5.75 Å². The van der Waals surface area contributed by atoms with Crippen molar-refractivity contribution in [2.45, 2.75) is 18.9 Å². The summed E-state index contributed by atoms with van der Waals surface area (Å²) in [4.78, 5) is 3.98. The zero-order valence-corrected chi connectivity index (χ0v) is 17.2. The van der Waals surface area contributed by atoms with Crippen molar-refractivity contribution < 1.29 is 23.0 Å². The Bertz CT molecular complexity index is 801. The van der Waals surface area contributed by atoms with E-state index in [0.29, 0.717) is 10.6 Å². The minimum absolute atomic E-state index is 0. The van der Waals surface area contributed by atoms with Crippen LogP contribution in [0.25, 0.3) is 0 Å². The van der Waals surface area contributed by atoms with E-state index in [-0.39, 0.29) is 42.2 Å². The van der Waals surface area contributed by atoms with E-state index >= 15 is 0 Å². The second kappa shape index (κ2) is 9.47. The quantitative estimate of drug-likeness (QED) is 0.311. The minimum atomic E-state index is -4.84. The molecule has 0 aliphatic rings. The predicted octanol–water partition coefficient (Wildman–Crippen LogP) is 4.49. The molecule has 0 aliphatic heterocycles. The Balaban J connectivity index is 0.00000364. The molecule has 0 aliphatic carbocycles. The molecule has 0 fully saturated rings. The van der Waals surface area contributed by atoms with Gasteiger partial charge in [0.05, 0.1) is 12.2 Å². The van der Waals surface area contributed by atoms with Crippen LogP contribution in [0, 0.1) is 0 Å². The lowest BCUT2D eigenvalue weighted by molar-refractivity contribution is -0.274. The van der Waals surface area contributed by atoms with Crippen LogP contribution in [0.4, 0.5) is 18.9 Å². The summed E-state index contributed by atoms with van der Waals surface area (Å²) in [5.74, 6) is -0.633. The molecule has 0 heterocycles. The first kappa shape index (κ1) is 23.3. The number of nitrogens with zero attached hydrogens (tertiary/aromatic N) is 1. The summed E-state index contributed by atoms with van der Waals surface area (Å²) in [6.07, 6.45) is -4.84. The molecule has 1 unspecified atom stereocenters. The Hall–Kier alpha value is -1.72. The Morgan fingerprint density at radius 2 is 1.78 bits per heavy atom. The number of rotatable bonds is 5. The summed E-state index contributed by atoms with van der Waals surface area (Å²) in [7, 11) is 0. The number of nitrogens with one attached hydrogen (secondary N) is 1. The van der Waals surface area contributed by atoms with Crippen molar-refractivity contribution in [2.75, 3.05) is 11.9 Å². The molecule has 1 atom stereocenters. The fraction of sp³-hybridized carbons (Fsp3) is 0.235. The highest BCUT2D eigenvalue weighted by atomic mass is 127. The van der Waals surface area contributed by atoms with Crippen molar-refractivity contribution in [3.05, 3.63) is 59.1 Å². The Morgan fingerprint density at radius 1 is 1.19 bits per heavy atom. The lowest BCUT2D eigenvalue weighted by Gasteiger charge is -2.23. The molecule has 27 heavy (non-hydrogen) atoms. The highest BCUT2D eigenvalue weighted by molar-refractivity contribution is 14.0. The van der Waals surface area contributed by atoms with Gasteiger partial charge in [-0.05, 0) is 25.1 Å². The maximum Gasteiger partial charge on any atom is 0.573 e. The van der Waals surface area contributed by atoms with Crippen LogP contribution in [-0.4, -0.2) is 24.0 Å². The van der Waals surface area contributed by atoms with E-state index in [1.54, 1.807) is 24.3 Å². The average Bonchev–Trinajstić information content (AvgIpc) is 2.54. The normalized spacial score (nSPS) is 14.1. The maximum absolute atomic E-state index is 12.4. The molecule has 2 rings (SSSR count). The molecule has 0 saturated heterocycles. The second-order valence-electron chi connectivity index (χ2n) is 5.62. The van der Waals surface area contributed by atoms with E-state index in [0.717, 1.165) is 6.07 Å². The zero-order chi connectivity index (χ0) is 19.4. The SMILES string of the molecule is CC(O)(CN=C(N)Nc1ccccc1OC(F)(F)F)c1ccccc1Cl.I. The number of alkyl halides is 3. The molecule has 0 saturated carbocycles. The molecule has 0 bridgehead atoms. The number of halogens is 5. The number of guanidine groups is 1. The van der Waals surface area contributed by atoms with Gasteiger partial charge in [0.25, 0.3) is 0 Å². The third-order valence-electron chi connectivity index (χ3n) is 3.39. The van der Waals surface area contributed by atoms with E-state index < -0.39 is 17.7 Å². The molecular formula is C17H18ClF3IN3O2. The molecule has 4 N–H and O–H groups in total. The maximum atomic E-state index is 12.4. The van der Waals surface area contributed by atoms with E-state index in [4.69, 9.17) is 17.3 Å². The lowest BCUT2D eigenvalue weighted by Crippen LogP contribution is -2.30. The van der Waals surface area contributed by atoms with Gasteiger partial charge in [0, 0.05) is 10.6 Å². The van der Waals surface area contributed by atoms with E-state index in [2.05, 4.69) is 15.0 Å². The minimum Gasteiger partial charge on any atom is -0.404 e. The van der Waals surface area contributed by atoms with Crippen molar-refractivity contribution in [1.29, 1.82) is 0 Å². The number of nitrogens with two attached hydrogens (primary N) is 1.